The van der Waals surface area contributed by atoms with Gasteiger partial charge in [0.25, 0.3) is 6.01 Å². The molecule has 120 valence electrons. The molecule has 0 N–H and O–H groups in total. The predicted octanol–water partition coefficient (Wildman–Crippen LogP) is 2.19. The molecule has 3 aromatic rings. The molecule has 0 saturated carbocycles. The normalized spacial score (nSPS) is 16.3. The zero-order chi connectivity index (χ0) is 15.8. The first-order chi connectivity index (χ1) is 11.2. The van der Waals surface area contributed by atoms with E-state index in [1.807, 2.05) is 36.0 Å². The van der Waals surface area contributed by atoms with Crippen LogP contribution in [0.5, 0.6) is 0 Å². The second-order valence-electron chi connectivity index (χ2n) is 6.14. The minimum absolute atomic E-state index is 0.739. The van der Waals surface area contributed by atoms with Gasteiger partial charge in [0.1, 0.15) is 5.52 Å². The van der Waals surface area contributed by atoms with Crippen LogP contribution < -0.4 is 4.90 Å². The number of aromatic nitrogens is 3. The average molecular weight is 311 g/mol. The van der Waals surface area contributed by atoms with Crippen LogP contribution >= 0.6 is 0 Å². The molecule has 1 aliphatic rings. The molecule has 3 heterocycles. The number of para-hydroxylation sites is 2. The molecule has 1 aromatic carbocycles. The van der Waals surface area contributed by atoms with Crippen molar-refractivity contribution in [3.8, 4) is 0 Å². The first-order valence-corrected chi connectivity index (χ1v) is 8.01. The molecular formula is C17H21N5O. The molecular weight excluding hydrogens is 290 g/mol. The number of anilines is 1. The van der Waals surface area contributed by atoms with Crippen LogP contribution in [0.15, 0.2) is 34.9 Å². The van der Waals surface area contributed by atoms with Crippen molar-refractivity contribution in [2.24, 2.45) is 7.05 Å². The van der Waals surface area contributed by atoms with Gasteiger partial charge in [0.2, 0.25) is 0 Å². The summed E-state index contributed by atoms with van der Waals surface area (Å²) in [5, 5.41) is 4.42. The number of nitrogens with zero attached hydrogens (tertiary/aromatic N) is 5. The van der Waals surface area contributed by atoms with Crippen molar-refractivity contribution in [2.45, 2.75) is 13.5 Å². The van der Waals surface area contributed by atoms with Crippen molar-refractivity contribution in [1.29, 1.82) is 0 Å². The zero-order valence-corrected chi connectivity index (χ0v) is 13.6. The van der Waals surface area contributed by atoms with Crippen molar-refractivity contribution >= 4 is 17.1 Å². The Bertz CT molecular complexity index is 780. The van der Waals surface area contributed by atoms with E-state index < -0.39 is 0 Å². The molecule has 0 aliphatic carbocycles. The smallest absolute Gasteiger partial charge is 0.298 e. The fourth-order valence-electron chi connectivity index (χ4n) is 3.14. The van der Waals surface area contributed by atoms with Crippen molar-refractivity contribution in [3.63, 3.8) is 0 Å². The summed E-state index contributed by atoms with van der Waals surface area (Å²) in [6, 6.07) is 8.66. The van der Waals surface area contributed by atoms with Gasteiger partial charge in [-0.2, -0.15) is 10.1 Å². The Labute approximate surface area is 135 Å². The van der Waals surface area contributed by atoms with E-state index in [4.69, 9.17) is 4.42 Å². The average Bonchev–Trinajstić information content (AvgIpc) is 3.11. The molecule has 6 heteroatoms. The van der Waals surface area contributed by atoms with Crippen LogP contribution in [0.3, 0.4) is 0 Å². The van der Waals surface area contributed by atoms with Gasteiger partial charge in [-0.3, -0.25) is 9.58 Å². The van der Waals surface area contributed by atoms with Gasteiger partial charge in [0, 0.05) is 51.5 Å². The molecule has 23 heavy (non-hydrogen) atoms. The van der Waals surface area contributed by atoms with Crippen LogP contribution in [0, 0.1) is 6.92 Å². The lowest BCUT2D eigenvalue weighted by Crippen LogP contribution is -2.46. The van der Waals surface area contributed by atoms with Gasteiger partial charge in [0.05, 0.1) is 5.69 Å². The third kappa shape index (κ3) is 2.82. The summed E-state index contributed by atoms with van der Waals surface area (Å²) in [5.41, 5.74) is 4.21. The van der Waals surface area contributed by atoms with Crippen LogP contribution in [0.2, 0.25) is 0 Å². The maximum absolute atomic E-state index is 5.87. The molecule has 4 rings (SSSR count). The summed E-state index contributed by atoms with van der Waals surface area (Å²) in [5.74, 6) is 0. The molecule has 0 bridgehead atoms. The Hall–Kier alpha value is -2.34. The number of hydrogen-bond donors (Lipinski definition) is 0. The molecule has 0 atom stereocenters. The number of aryl methyl sites for hydroxylation is 2. The van der Waals surface area contributed by atoms with Gasteiger partial charge in [-0.05, 0) is 19.1 Å². The molecule has 6 nitrogen and oxygen atoms in total. The highest BCUT2D eigenvalue weighted by Crippen LogP contribution is 2.23. The Balaban J connectivity index is 1.41. The van der Waals surface area contributed by atoms with Gasteiger partial charge < -0.3 is 9.32 Å². The van der Waals surface area contributed by atoms with E-state index in [2.05, 4.69) is 33.0 Å². The second kappa shape index (κ2) is 5.70. The quantitative estimate of drug-likeness (QED) is 0.742. The lowest BCUT2D eigenvalue weighted by molar-refractivity contribution is 0.245. The molecule has 1 saturated heterocycles. The Morgan fingerprint density at radius 2 is 1.91 bits per heavy atom. The van der Waals surface area contributed by atoms with Crippen LogP contribution in [0.25, 0.3) is 11.1 Å². The lowest BCUT2D eigenvalue weighted by Gasteiger charge is -2.33. The van der Waals surface area contributed by atoms with E-state index in [9.17, 15) is 0 Å². The number of benzene rings is 1. The molecule has 0 amide bonds. The van der Waals surface area contributed by atoms with E-state index in [-0.39, 0.29) is 0 Å². The summed E-state index contributed by atoms with van der Waals surface area (Å²) in [7, 11) is 1.97. The van der Waals surface area contributed by atoms with Gasteiger partial charge in [-0.15, -0.1) is 0 Å². The highest BCUT2D eigenvalue weighted by Gasteiger charge is 2.21. The van der Waals surface area contributed by atoms with Crippen molar-refractivity contribution < 1.29 is 4.42 Å². The number of rotatable bonds is 3. The fraction of sp³-hybridized carbons (Fsp3) is 0.412. The van der Waals surface area contributed by atoms with E-state index >= 15 is 0 Å². The van der Waals surface area contributed by atoms with Gasteiger partial charge in [-0.1, -0.05) is 12.1 Å². The second-order valence-corrected chi connectivity index (χ2v) is 6.14. The number of piperazine rings is 1. The standard InChI is InChI=1S/C17H21N5O/c1-13-14(11-20(2)19-13)12-21-7-9-22(10-8-21)17-18-15-5-3-4-6-16(15)23-17/h3-6,11H,7-10,12H2,1-2H3. The molecule has 0 spiro atoms. The van der Waals surface area contributed by atoms with Crippen LogP contribution in [-0.2, 0) is 13.6 Å². The summed E-state index contributed by atoms with van der Waals surface area (Å²) < 4.78 is 7.75. The topological polar surface area (TPSA) is 50.3 Å². The van der Waals surface area contributed by atoms with E-state index in [0.29, 0.717) is 0 Å². The van der Waals surface area contributed by atoms with Crippen LogP contribution in [0.1, 0.15) is 11.3 Å². The minimum atomic E-state index is 0.739. The molecule has 1 fully saturated rings. The van der Waals surface area contributed by atoms with Gasteiger partial charge in [0.15, 0.2) is 5.58 Å². The first kappa shape index (κ1) is 14.3. The Morgan fingerprint density at radius 1 is 1.13 bits per heavy atom. The largest absolute Gasteiger partial charge is 0.423 e. The summed E-state index contributed by atoms with van der Waals surface area (Å²) in [6.07, 6.45) is 2.11. The fourth-order valence-corrected chi connectivity index (χ4v) is 3.14. The van der Waals surface area contributed by atoms with Gasteiger partial charge in [-0.25, -0.2) is 0 Å². The third-order valence-electron chi connectivity index (χ3n) is 4.43. The zero-order valence-electron chi connectivity index (χ0n) is 13.6. The van der Waals surface area contributed by atoms with Gasteiger partial charge >= 0.3 is 0 Å². The highest BCUT2D eigenvalue weighted by atomic mass is 16.4. The van der Waals surface area contributed by atoms with E-state index in [1.165, 1.54) is 5.56 Å². The number of fused-ring (bicyclic) bond motifs is 1. The summed E-state index contributed by atoms with van der Waals surface area (Å²) in [4.78, 5) is 9.28. The van der Waals surface area contributed by atoms with Crippen LogP contribution in [-0.4, -0.2) is 45.8 Å². The van der Waals surface area contributed by atoms with E-state index in [1.54, 1.807) is 0 Å². The Kier molecular flexibility index (Phi) is 3.53. The molecule has 0 unspecified atom stereocenters. The minimum Gasteiger partial charge on any atom is -0.423 e. The number of oxazole rings is 1. The van der Waals surface area contributed by atoms with Crippen molar-refractivity contribution in [3.05, 3.63) is 41.7 Å². The third-order valence-corrected chi connectivity index (χ3v) is 4.43. The van der Waals surface area contributed by atoms with Crippen molar-refractivity contribution in [1.82, 2.24) is 19.7 Å². The Morgan fingerprint density at radius 3 is 2.61 bits per heavy atom. The lowest BCUT2D eigenvalue weighted by atomic mass is 10.2. The first-order valence-electron chi connectivity index (χ1n) is 8.01. The SMILES string of the molecule is Cc1nn(C)cc1CN1CCN(c2nc3ccccc3o2)CC1. The monoisotopic (exact) mass is 311 g/mol. The van der Waals surface area contributed by atoms with Crippen LogP contribution in [0.4, 0.5) is 6.01 Å². The predicted molar refractivity (Wildman–Crippen MR) is 89.4 cm³/mol. The highest BCUT2D eigenvalue weighted by molar-refractivity contribution is 5.74. The van der Waals surface area contributed by atoms with Crippen molar-refractivity contribution in [2.75, 3.05) is 31.1 Å². The molecule has 1 aliphatic heterocycles. The summed E-state index contributed by atoms with van der Waals surface area (Å²) in [6.45, 7) is 6.92. The summed E-state index contributed by atoms with van der Waals surface area (Å²) >= 11 is 0. The number of hydrogen-bond acceptors (Lipinski definition) is 5. The molecule has 0 radical (unpaired) electrons. The maximum atomic E-state index is 5.87. The molecule has 2 aromatic heterocycles. The van der Waals surface area contributed by atoms with E-state index in [0.717, 1.165) is 55.5 Å². The maximum Gasteiger partial charge on any atom is 0.298 e.